The normalized spacial score (nSPS) is 22.2. The minimum Gasteiger partial charge on any atom is -0.349 e. The molecule has 0 aromatic carbocycles. The fourth-order valence-electron chi connectivity index (χ4n) is 2.44. The van der Waals surface area contributed by atoms with Crippen LogP contribution < -0.4 is 0 Å². The maximum Gasteiger partial charge on any atom is 0.231 e. The van der Waals surface area contributed by atoms with Gasteiger partial charge in [-0.05, 0) is 25.5 Å². The van der Waals surface area contributed by atoms with Gasteiger partial charge in [-0.2, -0.15) is 9.57 Å². The van der Waals surface area contributed by atoms with Crippen molar-refractivity contribution in [2.75, 3.05) is 6.54 Å². The molecule has 0 N–H and O–H groups in total. The molecule has 1 aliphatic heterocycles. The lowest BCUT2D eigenvalue weighted by molar-refractivity contribution is 0.280. The summed E-state index contributed by atoms with van der Waals surface area (Å²) in [6.07, 6.45) is 2.28. The first-order valence-electron chi connectivity index (χ1n) is 6.07. The van der Waals surface area contributed by atoms with Crippen molar-refractivity contribution < 1.29 is 8.42 Å². The number of nitriles is 1. The fourth-order valence-corrected chi connectivity index (χ4v) is 4.20. The number of aromatic nitrogens is 1. The fraction of sp³-hybridized carbons (Fsp3) is 0.583. The van der Waals surface area contributed by atoms with E-state index in [0.717, 1.165) is 5.69 Å². The molecule has 2 heterocycles. The van der Waals surface area contributed by atoms with Gasteiger partial charge in [-0.15, -0.1) is 0 Å². The Morgan fingerprint density at radius 2 is 2.28 bits per heavy atom. The number of rotatable bonds is 3. The Balaban J connectivity index is 2.35. The predicted octanol–water partition coefficient (Wildman–Crippen LogP) is 1.50. The standard InChI is InChI=1S/C12H17N3O2S/c1-3-11(9-13)18(16,17)15-8-7-14-6-4-5-12(14)10(15)2/h4-6,10-11H,3,7-8H2,1-2H3/t10-,11-/m1/s1. The zero-order valence-electron chi connectivity index (χ0n) is 10.6. The van der Waals surface area contributed by atoms with Crippen molar-refractivity contribution in [1.29, 1.82) is 5.26 Å². The van der Waals surface area contributed by atoms with Crippen LogP contribution in [0.4, 0.5) is 0 Å². The van der Waals surface area contributed by atoms with Crippen molar-refractivity contribution in [1.82, 2.24) is 8.87 Å². The van der Waals surface area contributed by atoms with Crippen molar-refractivity contribution >= 4 is 10.0 Å². The molecule has 2 rings (SSSR count). The molecule has 0 saturated heterocycles. The summed E-state index contributed by atoms with van der Waals surface area (Å²) >= 11 is 0. The molecule has 0 unspecified atom stereocenters. The molecule has 0 amide bonds. The average Bonchev–Trinajstić information content (AvgIpc) is 2.79. The molecule has 18 heavy (non-hydrogen) atoms. The third-order valence-electron chi connectivity index (χ3n) is 3.49. The van der Waals surface area contributed by atoms with Crippen LogP contribution in [-0.4, -0.2) is 29.1 Å². The van der Waals surface area contributed by atoms with E-state index in [2.05, 4.69) is 4.57 Å². The van der Waals surface area contributed by atoms with E-state index in [4.69, 9.17) is 5.26 Å². The highest BCUT2D eigenvalue weighted by Gasteiger charge is 2.37. The van der Waals surface area contributed by atoms with E-state index in [0.29, 0.717) is 19.5 Å². The van der Waals surface area contributed by atoms with Crippen LogP contribution in [0.1, 0.15) is 32.0 Å². The third-order valence-corrected chi connectivity index (χ3v) is 5.80. The Morgan fingerprint density at radius 3 is 2.89 bits per heavy atom. The van der Waals surface area contributed by atoms with Crippen LogP contribution in [0.2, 0.25) is 0 Å². The van der Waals surface area contributed by atoms with Crippen molar-refractivity contribution in [2.24, 2.45) is 0 Å². The highest BCUT2D eigenvalue weighted by Crippen LogP contribution is 2.29. The summed E-state index contributed by atoms with van der Waals surface area (Å²) < 4.78 is 28.3. The molecule has 2 atom stereocenters. The second kappa shape index (κ2) is 4.75. The zero-order valence-corrected chi connectivity index (χ0v) is 11.4. The van der Waals surface area contributed by atoms with Gasteiger partial charge in [0.25, 0.3) is 0 Å². The van der Waals surface area contributed by atoms with Gasteiger partial charge in [-0.25, -0.2) is 8.42 Å². The molecule has 1 aromatic rings. The summed E-state index contributed by atoms with van der Waals surface area (Å²) in [6.45, 7) is 4.67. The van der Waals surface area contributed by atoms with Gasteiger partial charge in [0.05, 0.1) is 12.1 Å². The molecular weight excluding hydrogens is 250 g/mol. The van der Waals surface area contributed by atoms with Gasteiger partial charge < -0.3 is 4.57 Å². The Hall–Kier alpha value is -1.32. The number of hydrogen-bond acceptors (Lipinski definition) is 3. The van der Waals surface area contributed by atoms with Crippen molar-refractivity contribution in [2.45, 2.75) is 38.1 Å². The van der Waals surface area contributed by atoms with E-state index in [-0.39, 0.29) is 6.04 Å². The lowest BCUT2D eigenvalue weighted by Crippen LogP contribution is -2.44. The van der Waals surface area contributed by atoms with Crippen LogP contribution in [0.5, 0.6) is 0 Å². The number of fused-ring (bicyclic) bond motifs is 1. The summed E-state index contributed by atoms with van der Waals surface area (Å²) in [6, 6.07) is 5.53. The van der Waals surface area contributed by atoms with E-state index in [1.807, 2.05) is 31.3 Å². The van der Waals surface area contributed by atoms with Crippen LogP contribution in [0.25, 0.3) is 0 Å². The maximum absolute atomic E-state index is 12.4. The van der Waals surface area contributed by atoms with Gasteiger partial charge in [0.1, 0.15) is 0 Å². The Bertz CT molecular complexity index is 570. The van der Waals surface area contributed by atoms with E-state index >= 15 is 0 Å². The molecule has 1 aliphatic rings. The monoisotopic (exact) mass is 267 g/mol. The van der Waals surface area contributed by atoms with Crippen LogP contribution in [0, 0.1) is 11.3 Å². The van der Waals surface area contributed by atoms with Crippen LogP contribution in [-0.2, 0) is 16.6 Å². The van der Waals surface area contributed by atoms with Crippen LogP contribution in [0.15, 0.2) is 18.3 Å². The topological polar surface area (TPSA) is 66.1 Å². The average molecular weight is 267 g/mol. The molecule has 0 fully saturated rings. The number of nitrogens with zero attached hydrogens (tertiary/aromatic N) is 3. The molecule has 98 valence electrons. The highest BCUT2D eigenvalue weighted by molar-refractivity contribution is 7.90. The quantitative estimate of drug-likeness (QED) is 0.833. The van der Waals surface area contributed by atoms with Gasteiger partial charge in [-0.1, -0.05) is 6.92 Å². The molecule has 1 aromatic heterocycles. The predicted molar refractivity (Wildman–Crippen MR) is 68.2 cm³/mol. The van der Waals surface area contributed by atoms with Crippen molar-refractivity contribution in [3.05, 3.63) is 24.0 Å². The summed E-state index contributed by atoms with van der Waals surface area (Å²) in [4.78, 5) is 0. The third kappa shape index (κ3) is 1.93. The lowest BCUT2D eigenvalue weighted by Gasteiger charge is -2.34. The maximum atomic E-state index is 12.4. The smallest absolute Gasteiger partial charge is 0.231 e. The first-order valence-corrected chi connectivity index (χ1v) is 7.58. The highest BCUT2D eigenvalue weighted by atomic mass is 32.2. The SMILES string of the molecule is CC[C@H](C#N)S(=O)(=O)N1CCn2cccc2[C@H]1C. The number of sulfonamides is 1. The summed E-state index contributed by atoms with van der Waals surface area (Å²) in [5.74, 6) is 0. The van der Waals surface area contributed by atoms with Gasteiger partial charge in [-0.3, -0.25) is 0 Å². The zero-order chi connectivity index (χ0) is 13.3. The summed E-state index contributed by atoms with van der Waals surface area (Å²) in [5, 5.41) is 8.03. The minimum atomic E-state index is -3.54. The molecular formula is C12H17N3O2S. The lowest BCUT2D eigenvalue weighted by atomic mass is 10.2. The summed E-state index contributed by atoms with van der Waals surface area (Å²) in [7, 11) is -3.54. The van der Waals surface area contributed by atoms with Gasteiger partial charge in [0.15, 0.2) is 5.25 Å². The van der Waals surface area contributed by atoms with Gasteiger partial charge in [0.2, 0.25) is 10.0 Å². The van der Waals surface area contributed by atoms with Crippen LogP contribution in [0.3, 0.4) is 0 Å². The molecule has 5 nitrogen and oxygen atoms in total. The Morgan fingerprint density at radius 1 is 1.56 bits per heavy atom. The van der Waals surface area contributed by atoms with Gasteiger partial charge >= 0.3 is 0 Å². The van der Waals surface area contributed by atoms with E-state index < -0.39 is 15.3 Å². The van der Waals surface area contributed by atoms with Crippen molar-refractivity contribution in [3.63, 3.8) is 0 Å². The second-order valence-electron chi connectivity index (χ2n) is 4.48. The van der Waals surface area contributed by atoms with E-state index in [1.54, 1.807) is 6.92 Å². The molecule has 0 saturated carbocycles. The first kappa shape index (κ1) is 13.1. The van der Waals surface area contributed by atoms with E-state index in [1.165, 1.54) is 4.31 Å². The molecule has 0 radical (unpaired) electrons. The second-order valence-corrected chi connectivity index (χ2v) is 6.55. The molecule has 0 spiro atoms. The largest absolute Gasteiger partial charge is 0.349 e. The van der Waals surface area contributed by atoms with Gasteiger partial charge in [0, 0.05) is 25.0 Å². The first-order chi connectivity index (χ1) is 8.52. The Kier molecular flexibility index (Phi) is 3.46. The van der Waals surface area contributed by atoms with Crippen LogP contribution >= 0.6 is 0 Å². The molecule has 0 aliphatic carbocycles. The Labute approximate surface area is 108 Å². The number of hydrogen-bond donors (Lipinski definition) is 0. The van der Waals surface area contributed by atoms with E-state index in [9.17, 15) is 8.42 Å². The summed E-state index contributed by atoms with van der Waals surface area (Å²) in [5.41, 5.74) is 0.984. The minimum absolute atomic E-state index is 0.207. The molecule has 0 bridgehead atoms. The van der Waals surface area contributed by atoms with Crippen molar-refractivity contribution in [3.8, 4) is 6.07 Å². The molecule has 6 heteroatoms.